The second-order valence-corrected chi connectivity index (χ2v) is 9.67. The Balaban J connectivity index is 1.43. The van der Waals surface area contributed by atoms with Crippen LogP contribution < -0.4 is 5.32 Å². The lowest BCUT2D eigenvalue weighted by molar-refractivity contribution is -0.131. The van der Waals surface area contributed by atoms with Crippen LogP contribution in [-0.4, -0.2) is 45.8 Å². The van der Waals surface area contributed by atoms with E-state index in [1.165, 1.54) is 40.9 Å². The molecule has 0 unspecified atom stereocenters. The zero-order chi connectivity index (χ0) is 18.5. The smallest absolute Gasteiger partial charge is 0.236 e. The van der Waals surface area contributed by atoms with E-state index in [4.69, 9.17) is 11.6 Å². The van der Waals surface area contributed by atoms with Crippen molar-refractivity contribution in [2.75, 3.05) is 23.4 Å². The van der Waals surface area contributed by atoms with Crippen LogP contribution >= 0.6 is 46.0 Å². The molecular weight excluding hydrogens is 410 g/mol. The summed E-state index contributed by atoms with van der Waals surface area (Å²) in [6.07, 6.45) is 3.33. The number of anilines is 1. The molecule has 1 aliphatic rings. The number of amides is 2. The van der Waals surface area contributed by atoms with Crippen LogP contribution in [0, 0.1) is 0 Å². The molecule has 3 heterocycles. The van der Waals surface area contributed by atoms with Crippen LogP contribution in [0.1, 0.15) is 26.2 Å². The number of aromatic nitrogens is 1. The average Bonchev–Trinajstić information content (AvgIpc) is 3.24. The number of piperidine rings is 1. The highest BCUT2D eigenvalue weighted by Crippen LogP contribution is 2.32. The van der Waals surface area contributed by atoms with Gasteiger partial charge in [-0.1, -0.05) is 11.6 Å². The fourth-order valence-electron chi connectivity index (χ4n) is 2.83. The predicted octanol–water partition coefficient (Wildman–Crippen LogP) is 4.60. The summed E-state index contributed by atoms with van der Waals surface area (Å²) in [6, 6.07) is 4.05. The van der Waals surface area contributed by atoms with Crippen LogP contribution in [0.4, 0.5) is 5.13 Å². The van der Waals surface area contributed by atoms with E-state index in [0.717, 1.165) is 30.0 Å². The Labute approximate surface area is 170 Å². The maximum atomic E-state index is 12.3. The molecule has 0 aromatic carbocycles. The number of rotatable bonds is 6. The van der Waals surface area contributed by atoms with Crippen molar-refractivity contribution in [3.63, 3.8) is 0 Å². The largest absolute Gasteiger partial charge is 0.339 e. The van der Waals surface area contributed by atoms with Crippen molar-refractivity contribution in [2.45, 2.75) is 32.2 Å². The summed E-state index contributed by atoms with van der Waals surface area (Å²) in [5.41, 5.74) is 0.809. The molecule has 0 spiro atoms. The molecule has 0 saturated carbocycles. The summed E-state index contributed by atoms with van der Waals surface area (Å²) in [7, 11) is 0. The third-order valence-electron chi connectivity index (χ3n) is 4.16. The molecule has 2 aromatic heterocycles. The van der Waals surface area contributed by atoms with Gasteiger partial charge >= 0.3 is 0 Å². The molecular formula is C17H20ClN3O2S3. The van der Waals surface area contributed by atoms with Gasteiger partial charge in [0.05, 0.1) is 26.4 Å². The second-order valence-electron chi connectivity index (χ2n) is 6.11. The van der Waals surface area contributed by atoms with E-state index < -0.39 is 0 Å². The summed E-state index contributed by atoms with van der Waals surface area (Å²) in [4.78, 5) is 31.7. The van der Waals surface area contributed by atoms with E-state index in [0.29, 0.717) is 21.3 Å². The lowest BCUT2D eigenvalue weighted by atomic mass is 10.0. The summed E-state index contributed by atoms with van der Waals surface area (Å²) in [6.45, 7) is 2.93. The highest BCUT2D eigenvalue weighted by molar-refractivity contribution is 8.00. The van der Waals surface area contributed by atoms with Crippen molar-refractivity contribution >= 4 is 63.0 Å². The van der Waals surface area contributed by atoms with E-state index >= 15 is 0 Å². The van der Waals surface area contributed by atoms with Gasteiger partial charge in [-0.15, -0.1) is 34.4 Å². The second kappa shape index (κ2) is 9.21. The van der Waals surface area contributed by atoms with Crippen LogP contribution in [0.25, 0.3) is 10.6 Å². The fourth-order valence-corrected chi connectivity index (χ4v) is 5.34. The molecule has 3 rings (SSSR count). The minimum absolute atomic E-state index is 0.126. The van der Waals surface area contributed by atoms with Gasteiger partial charge in [-0.05, 0) is 38.3 Å². The van der Waals surface area contributed by atoms with Gasteiger partial charge in [0.1, 0.15) is 0 Å². The molecule has 5 nitrogen and oxygen atoms in total. The first-order valence-electron chi connectivity index (χ1n) is 8.41. The van der Waals surface area contributed by atoms with Crippen LogP contribution in [0.3, 0.4) is 0 Å². The SMILES string of the molecule is C[C@H]1CCCCN1C(=O)CSCC(=O)Nc1nc(-c2ccc(Cl)s2)cs1. The van der Waals surface area contributed by atoms with Crippen LogP contribution in [0.5, 0.6) is 0 Å². The Morgan fingerprint density at radius 1 is 1.38 bits per heavy atom. The van der Waals surface area contributed by atoms with Crippen molar-refractivity contribution in [2.24, 2.45) is 0 Å². The maximum Gasteiger partial charge on any atom is 0.236 e. The molecule has 9 heteroatoms. The average molecular weight is 430 g/mol. The Kier molecular flexibility index (Phi) is 6.97. The molecule has 1 atom stereocenters. The van der Waals surface area contributed by atoms with Gasteiger partial charge in [0, 0.05) is 18.0 Å². The Morgan fingerprint density at radius 3 is 2.96 bits per heavy atom. The number of thiophene rings is 1. The van der Waals surface area contributed by atoms with Gasteiger partial charge in [0.25, 0.3) is 0 Å². The fraction of sp³-hybridized carbons (Fsp3) is 0.471. The van der Waals surface area contributed by atoms with Gasteiger partial charge in [-0.3, -0.25) is 9.59 Å². The van der Waals surface area contributed by atoms with E-state index in [2.05, 4.69) is 17.2 Å². The third kappa shape index (κ3) is 5.22. The molecule has 0 aliphatic carbocycles. The molecule has 0 radical (unpaired) electrons. The quantitative estimate of drug-likeness (QED) is 0.728. The van der Waals surface area contributed by atoms with Gasteiger partial charge in [0.15, 0.2) is 5.13 Å². The first-order valence-corrected chi connectivity index (χ1v) is 11.6. The first-order chi connectivity index (χ1) is 12.5. The lowest BCUT2D eigenvalue weighted by Gasteiger charge is -2.33. The van der Waals surface area contributed by atoms with Crippen molar-refractivity contribution in [1.29, 1.82) is 0 Å². The number of halogens is 1. The Bertz CT molecular complexity index is 777. The zero-order valence-corrected chi connectivity index (χ0v) is 17.6. The minimum atomic E-state index is -0.139. The predicted molar refractivity (Wildman–Crippen MR) is 111 cm³/mol. The summed E-state index contributed by atoms with van der Waals surface area (Å²) in [5.74, 6) is 0.572. The monoisotopic (exact) mass is 429 g/mol. The number of nitrogens with zero attached hydrogens (tertiary/aromatic N) is 2. The molecule has 1 saturated heterocycles. The highest BCUT2D eigenvalue weighted by atomic mass is 35.5. The normalized spacial score (nSPS) is 17.3. The van der Waals surface area contributed by atoms with E-state index in [1.807, 2.05) is 22.4 Å². The zero-order valence-electron chi connectivity index (χ0n) is 14.4. The van der Waals surface area contributed by atoms with E-state index in [9.17, 15) is 9.59 Å². The minimum Gasteiger partial charge on any atom is -0.339 e. The molecule has 140 valence electrons. The van der Waals surface area contributed by atoms with Crippen molar-refractivity contribution in [3.05, 3.63) is 21.8 Å². The highest BCUT2D eigenvalue weighted by Gasteiger charge is 2.23. The van der Waals surface area contributed by atoms with Gasteiger partial charge in [0.2, 0.25) is 11.8 Å². The lowest BCUT2D eigenvalue weighted by Crippen LogP contribution is -2.43. The number of carbonyl (C=O) groups is 2. The summed E-state index contributed by atoms with van der Waals surface area (Å²) in [5, 5.41) is 5.25. The molecule has 0 bridgehead atoms. The summed E-state index contributed by atoms with van der Waals surface area (Å²) < 4.78 is 0.711. The number of nitrogens with one attached hydrogen (secondary N) is 1. The van der Waals surface area contributed by atoms with Crippen molar-refractivity contribution in [3.8, 4) is 10.6 Å². The van der Waals surface area contributed by atoms with Crippen LogP contribution in [0.15, 0.2) is 17.5 Å². The first kappa shape index (κ1) is 19.7. The molecule has 1 aliphatic heterocycles. The number of thioether (sulfide) groups is 1. The number of hydrogen-bond donors (Lipinski definition) is 1. The Morgan fingerprint density at radius 2 is 2.23 bits per heavy atom. The molecule has 2 amide bonds. The van der Waals surface area contributed by atoms with E-state index in [1.54, 1.807) is 0 Å². The van der Waals surface area contributed by atoms with Crippen molar-refractivity contribution in [1.82, 2.24) is 9.88 Å². The molecule has 1 N–H and O–H groups in total. The van der Waals surface area contributed by atoms with E-state index in [-0.39, 0.29) is 17.6 Å². The van der Waals surface area contributed by atoms with Crippen molar-refractivity contribution < 1.29 is 9.59 Å². The maximum absolute atomic E-state index is 12.3. The molecule has 1 fully saturated rings. The van der Waals surface area contributed by atoms with Crippen LogP contribution in [-0.2, 0) is 9.59 Å². The number of carbonyl (C=O) groups excluding carboxylic acids is 2. The number of likely N-dealkylation sites (tertiary alicyclic amines) is 1. The van der Waals surface area contributed by atoms with Gasteiger partial charge < -0.3 is 10.2 Å². The summed E-state index contributed by atoms with van der Waals surface area (Å²) >= 11 is 10.1. The number of hydrogen-bond acceptors (Lipinski definition) is 6. The third-order valence-corrected chi connectivity index (χ3v) is 7.09. The standard InChI is InChI=1S/C17H20ClN3O2S3/c1-11-4-2-3-7-21(11)16(23)10-24-9-15(22)20-17-19-12(8-25-17)13-5-6-14(18)26-13/h5-6,8,11H,2-4,7,9-10H2,1H3,(H,19,20,22)/t11-/m0/s1. The number of thiazole rings is 1. The van der Waals surface area contributed by atoms with Crippen LogP contribution in [0.2, 0.25) is 4.34 Å². The molecule has 26 heavy (non-hydrogen) atoms. The van der Waals surface area contributed by atoms with Gasteiger partial charge in [-0.2, -0.15) is 0 Å². The Hall–Kier alpha value is -1.09. The molecule has 2 aromatic rings. The topological polar surface area (TPSA) is 62.3 Å². The van der Waals surface area contributed by atoms with Gasteiger partial charge in [-0.25, -0.2) is 4.98 Å².